The Labute approximate surface area is 114 Å². The van der Waals surface area contributed by atoms with Gasteiger partial charge in [-0.15, -0.1) is 0 Å². The van der Waals surface area contributed by atoms with Crippen molar-refractivity contribution in [1.29, 1.82) is 0 Å². The Kier molecular flexibility index (Phi) is 5.49. The molecule has 2 N–H and O–H groups in total. The Morgan fingerprint density at radius 2 is 2.11 bits per heavy atom. The van der Waals surface area contributed by atoms with Crippen molar-refractivity contribution in [2.24, 2.45) is 0 Å². The number of benzene rings is 1. The molecule has 0 amide bonds. The van der Waals surface area contributed by atoms with Gasteiger partial charge in [-0.05, 0) is 30.9 Å². The van der Waals surface area contributed by atoms with Crippen LogP contribution in [0.5, 0.6) is 0 Å². The van der Waals surface area contributed by atoms with Crippen LogP contribution in [0.25, 0.3) is 0 Å². The lowest BCUT2D eigenvalue weighted by Crippen LogP contribution is -2.38. The number of rotatable bonds is 6. The molecule has 102 valence electrons. The molecule has 1 aromatic rings. The maximum atomic E-state index is 12.4. The molecule has 0 saturated heterocycles. The minimum atomic E-state index is -3.45. The van der Waals surface area contributed by atoms with E-state index in [0.717, 1.165) is 12.2 Å². The number of nitrogens with two attached hydrogens (primary N) is 1. The van der Waals surface area contributed by atoms with E-state index in [0.29, 0.717) is 5.69 Å². The van der Waals surface area contributed by atoms with Crippen LogP contribution in [0.15, 0.2) is 29.2 Å². The predicted octanol–water partition coefficient (Wildman–Crippen LogP) is 2.03. The summed E-state index contributed by atoms with van der Waals surface area (Å²) in [6.07, 6.45) is 2.77. The minimum Gasteiger partial charge on any atom is -0.399 e. The van der Waals surface area contributed by atoms with Gasteiger partial charge in [0.1, 0.15) is 0 Å². The predicted molar refractivity (Wildman–Crippen MR) is 78.3 cm³/mol. The van der Waals surface area contributed by atoms with Crippen LogP contribution >= 0.6 is 11.8 Å². The summed E-state index contributed by atoms with van der Waals surface area (Å²) in [7, 11) is -1.83. The minimum absolute atomic E-state index is 0.00595. The lowest BCUT2D eigenvalue weighted by Gasteiger charge is -2.26. The highest BCUT2D eigenvalue weighted by Crippen LogP contribution is 2.21. The van der Waals surface area contributed by atoms with Crippen LogP contribution in [0.1, 0.15) is 13.3 Å². The van der Waals surface area contributed by atoms with E-state index >= 15 is 0 Å². The van der Waals surface area contributed by atoms with Gasteiger partial charge in [-0.25, -0.2) is 8.42 Å². The second-order valence-corrected chi connectivity index (χ2v) is 7.02. The van der Waals surface area contributed by atoms with Crippen molar-refractivity contribution in [2.75, 3.05) is 24.8 Å². The Morgan fingerprint density at radius 1 is 1.44 bits per heavy atom. The van der Waals surface area contributed by atoms with Gasteiger partial charge in [0, 0.05) is 24.5 Å². The van der Waals surface area contributed by atoms with Crippen LogP contribution in [-0.4, -0.2) is 37.8 Å². The summed E-state index contributed by atoms with van der Waals surface area (Å²) >= 11 is 1.65. The van der Waals surface area contributed by atoms with Gasteiger partial charge >= 0.3 is 0 Å². The monoisotopic (exact) mass is 288 g/mol. The highest BCUT2D eigenvalue weighted by molar-refractivity contribution is 7.98. The van der Waals surface area contributed by atoms with Gasteiger partial charge in [-0.2, -0.15) is 16.1 Å². The van der Waals surface area contributed by atoms with E-state index in [1.54, 1.807) is 37.0 Å². The molecule has 1 atom stereocenters. The third-order valence-electron chi connectivity index (χ3n) is 2.88. The average Bonchev–Trinajstić information content (AvgIpc) is 2.35. The highest BCUT2D eigenvalue weighted by atomic mass is 32.2. The third kappa shape index (κ3) is 3.40. The van der Waals surface area contributed by atoms with Crippen molar-refractivity contribution < 1.29 is 8.42 Å². The Balaban J connectivity index is 3.06. The van der Waals surface area contributed by atoms with Crippen molar-refractivity contribution in [2.45, 2.75) is 24.3 Å². The maximum Gasteiger partial charge on any atom is 0.243 e. The lowest BCUT2D eigenvalue weighted by atomic mass is 10.3. The molecule has 0 saturated carbocycles. The molecule has 0 bridgehead atoms. The molecule has 0 fully saturated rings. The number of hydrogen-bond donors (Lipinski definition) is 1. The standard InChI is InChI=1S/C12H20N2O2S2/c1-4-11(9-17-3)14(2)18(15,16)12-7-5-6-10(13)8-12/h5-8,11H,4,9,13H2,1-3H3. The molecule has 0 spiro atoms. The third-order valence-corrected chi connectivity index (χ3v) is 5.50. The van der Waals surface area contributed by atoms with E-state index in [-0.39, 0.29) is 10.9 Å². The molecule has 0 aliphatic rings. The largest absolute Gasteiger partial charge is 0.399 e. The molecule has 18 heavy (non-hydrogen) atoms. The van der Waals surface area contributed by atoms with Crippen molar-refractivity contribution in [3.63, 3.8) is 0 Å². The van der Waals surface area contributed by atoms with Crippen LogP contribution in [0.2, 0.25) is 0 Å². The number of hydrogen-bond acceptors (Lipinski definition) is 4. The first-order chi connectivity index (χ1) is 8.43. The molecule has 1 rings (SSSR count). The number of anilines is 1. The van der Waals surface area contributed by atoms with E-state index < -0.39 is 10.0 Å². The van der Waals surface area contributed by atoms with Crippen LogP contribution in [-0.2, 0) is 10.0 Å². The summed E-state index contributed by atoms with van der Waals surface area (Å²) in [6.45, 7) is 1.99. The molecule has 1 unspecified atom stereocenters. The summed E-state index contributed by atoms with van der Waals surface area (Å²) in [4.78, 5) is 0.254. The average molecular weight is 288 g/mol. The fraction of sp³-hybridized carbons (Fsp3) is 0.500. The smallest absolute Gasteiger partial charge is 0.243 e. The first-order valence-electron chi connectivity index (χ1n) is 5.76. The normalized spacial score (nSPS) is 13.8. The first kappa shape index (κ1) is 15.3. The number of nitrogen functional groups attached to an aromatic ring is 1. The molecule has 6 heteroatoms. The van der Waals surface area contributed by atoms with E-state index in [1.165, 1.54) is 10.4 Å². The topological polar surface area (TPSA) is 63.4 Å². The van der Waals surface area contributed by atoms with Crippen LogP contribution in [0.3, 0.4) is 0 Å². The SMILES string of the molecule is CCC(CSC)N(C)S(=O)(=O)c1cccc(N)c1. The van der Waals surface area contributed by atoms with Gasteiger partial charge in [0.15, 0.2) is 0 Å². The van der Waals surface area contributed by atoms with Gasteiger partial charge in [0.2, 0.25) is 10.0 Å². The summed E-state index contributed by atoms with van der Waals surface area (Å²) in [5.74, 6) is 0.786. The van der Waals surface area contributed by atoms with Crippen molar-refractivity contribution in [1.82, 2.24) is 4.31 Å². The van der Waals surface area contributed by atoms with E-state index in [4.69, 9.17) is 5.73 Å². The Bertz CT molecular complexity index is 489. The fourth-order valence-electron chi connectivity index (χ4n) is 1.71. The summed E-state index contributed by atoms with van der Waals surface area (Å²) in [5, 5.41) is 0. The zero-order valence-electron chi connectivity index (χ0n) is 11.0. The first-order valence-corrected chi connectivity index (χ1v) is 8.59. The molecular formula is C12H20N2O2S2. The van der Waals surface area contributed by atoms with Gasteiger partial charge in [-0.1, -0.05) is 13.0 Å². The molecule has 0 aliphatic carbocycles. The van der Waals surface area contributed by atoms with E-state index in [1.807, 2.05) is 13.2 Å². The van der Waals surface area contributed by atoms with E-state index in [9.17, 15) is 8.42 Å². The van der Waals surface area contributed by atoms with Gasteiger partial charge in [0.25, 0.3) is 0 Å². The lowest BCUT2D eigenvalue weighted by molar-refractivity contribution is 0.385. The molecule has 0 aromatic heterocycles. The summed E-state index contributed by atoms with van der Waals surface area (Å²) in [5.41, 5.74) is 6.10. The summed E-state index contributed by atoms with van der Waals surface area (Å²) < 4.78 is 26.3. The van der Waals surface area contributed by atoms with Crippen molar-refractivity contribution >= 4 is 27.5 Å². The molecule has 0 heterocycles. The Hall–Kier alpha value is -0.720. The van der Waals surface area contributed by atoms with Gasteiger partial charge in [0.05, 0.1) is 4.90 Å². The van der Waals surface area contributed by atoms with Crippen LogP contribution in [0.4, 0.5) is 5.69 Å². The fourth-order valence-corrected chi connectivity index (χ4v) is 4.13. The highest BCUT2D eigenvalue weighted by Gasteiger charge is 2.26. The van der Waals surface area contributed by atoms with Crippen LogP contribution < -0.4 is 5.73 Å². The maximum absolute atomic E-state index is 12.4. The van der Waals surface area contributed by atoms with Gasteiger partial charge < -0.3 is 5.73 Å². The second kappa shape index (κ2) is 6.45. The number of sulfonamides is 1. The molecule has 0 radical (unpaired) electrons. The van der Waals surface area contributed by atoms with Gasteiger partial charge in [-0.3, -0.25) is 0 Å². The van der Waals surface area contributed by atoms with E-state index in [2.05, 4.69) is 0 Å². The zero-order valence-corrected chi connectivity index (χ0v) is 12.6. The summed E-state index contributed by atoms with van der Waals surface area (Å²) in [6, 6.07) is 6.42. The van der Waals surface area contributed by atoms with Crippen molar-refractivity contribution in [3.05, 3.63) is 24.3 Å². The quantitative estimate of drug-likeness (QED) is 0.814. The second-order valence-electron chi connectivity index (χ2n) is 4.11. The molecule has 1 aromatic carbocycles. The number of nitrogens with zero attached hydrogens (tertiary/aromatic N) is 1. The van der Waals surface area contributed by atoms with Crippen LogP contribution in [0, 0.1) is 0 Å². The van der Waals surface area contributed by atoms with Crippen molar-refractivity contribution in [3.8, 4) is 0 Å². The molecular weight excluding hydrogens is 268 g/mol. The molecule has 0 aliphatic heterocycles. The number of thioether (sulfide) groups is 1. The Morgan fingerprint density at radius 3 is 2.61 bits per heavy atom. The zero-order chi connectivity index (χ0) is 13.8. The molecule has 4 nitrogen and oxygen atoms in total.